The van der Waals surface area contributed by atoms with Gasteiger partial charge in [0, 0.05) is 22.2 Å². The molecule has 0 saturated carbocycles. The lowest BCUT2D eigenvalue weighted by molar-refractivity contribution is -0.121. The van der Waals surface area contributed by atoms with E-state index in [1.807, 2.05) is 0 Å². The zero-order valence-electron chi connectivity index (χ0n) is 15.5. The number of hydrogen-bond acceptors (Lipinski definition) is 4. The molecule has 1 heterocycles. The Morgan fingerprint density at radius 2 is 1.80 bits per heavy atom. The molecule has 2 aromatic carbocycles. The smallest absolute Gasteiger partial charge is 0.243 e. The minimum atomic E-state index is -4.15. The second-order valence-electron chi connectivity index (χ2n) is 6.28. The minimum Gasteiger partial charge on any atom is -0.467 e. The van der Waals surface area contributed by atoms with Crippen LogP contribution in [0.1, 0.15) is 11.3 Å². The molecule has 1 aromatic heterocycles. The second kappa shape index (κ2) is 9.61. The van der Waals surface area contributed by atoms with E-state index in [2.05, 4.69) is 5.32 Å². The van der Waals surface area contributed by atoms with Gasteiger partial charge in [-0.05, 0) is 48.5 Å². The Kier molecular flexibility index (Phi) is 7.14. The maximum Gasteiger partial charge on any atom is 0.243 e. The van der Waals surface area contributed by atoms with E-state index in [-0.39, 0.29) is 22.0 Å². The highest BCUT2D eigenvalue weighted by atomic mass is 35.5. The standard InChI is InChI=1S/C20H17Cl2FN2O4S/c21-14-6-8-16(9-7-14)30(27,28)25(12-17-18(22)4-1-5-19(17)23)13-20(26)24-11-15-3-2-10-29-15/h1-10H,11-13H2,(H,24,26). The zero-order chi connectivity index (χ0) is 21.7. The van der Waals surface area contributed by atoms with Crippen LogP contribution in [-0.4, -0.2) is 25.2 Å². The molecule has 1 N–H and O–H groups in total. The molecule has 3 rings (SSSR count). The van der Waals surface area contributed by atoms with Gasteiger partial charge in [0.15, 0.2) is 0 Å². The monoisotopic (exact) mass is 470 g/mol. The number of carbonyl (C=O) groups is 1. The molecule has 0 bridgehead atoms. The Morgan fingerprint density at radius 3 is 2.43 bits per heavy atom. The SMILES string of the molecule is O=C(CN(Cc1c(F)cccc1Cl)S(=O)(=O)c1ccc(Cl)cc1)NCc1ccco1. The summed E-state index contributed by atoms with van der Waals surface area (Å²) >= 11 is 11.9. The van der Waals surface area contributed by atoms with Crippen molar-refractivity contribution >= 4 is 39.1 Å². The van der Waals surface area contributed by atoms with Crippen LogP contribution in [0.3, 0.4) is 0 Å². The van der Waals surface area contributed by atoms with E-state index in [4.69, 9.17) is 27.6 Å². The third-order valence-electron chi connectivity index (χ3n) is 4.21. The van der Waals surface area contributed by atoms with Crippen molar-refractivity contribution in [3.63, 3.8) is 0 Å². The molecule has 0 fully saturated rings. The highest BCUT2D eigenvalue weighted by Crippen LogP contribution is 2.25. The first kappa shape index (κ1) is 22.3. The number of carbonyl (C=O) groups excluding carboxylic acids is 1. The van der Waals surface area contributed by atoms with Gasteiger partial charge in [0.25, 0.3) is 0 Å². The molecule has 0 aliphatic carbocycles. The summed E-state index contributed by atoms with van der Waals surface area (Å²) in [6.07, 6.45) is 1.46. The molecule has 0 aliphatic heterocycles. The number of amides is 1. The fourth-order valence-electron chi connectivity index (χ4n) is 2.66. The number of halogens is 3. The van der Waals surface area contributed by atoms with Crippen molar-refractivity contribution in [2.45, 2.75) is 18.0 Å². The number of hydrogen-bond donors (Lipinski definition) is 1. The van der Waals surface area contributed by atoms with Gasteiger partial charge in [0.1, 0.15) is 11.6 Å². The molecule has 0 aliphatic rings. The van der Waals surface area contributed by atoms with Crippen molar-refractivity contribution in [3.8, 4) is 0 Å². The van der Waals surface area contributed by atoms with Crippen molar-refractivity contribution in [1.82, 2.24) is 9.62 Å². The molecule has 6 nitrogen and oxygen atoms in total. The molecule has 3 aromatic rings. The van der Waals surface area contributed by atoms with Crippen molar-refractivity contribution in [2.24, 2.45) is 0 Å². The van der Waals surface area contributed by atoms with Gasteiger partial charge in [-0.25, -0.2) is 12.8 Å². The molecule has 0 unspecified atom stereocenters. The third-order valence-corrected chi connectivity index (χ3v) is 6.62. The third kappa shape index (κ3) is 5.40. The van der Waals surface area contributed by atoms with Crippen molar-refractivity contribution in [3.05, 3.63) is 88.0 Å². The maximum absolute atomic E-state index is 14.3. The maximum atomic E-state index is 14.3. The van der Waals surface area contributed by atoms with E-state index in [9.17, 15) is 17.6 Å². The topological polar surface area (TPSA) is 79.6 Å². The van der Waals surface area contributed by atoms with Crippen LogP contribution < -0.4 is 5.32 Å². The average molecular weight is 471 g/mol. The fraction of sp³-hybridized carbons (Fsp3) is 0.150. The van der Waals surface area contributed by atoms with Crippen LogP contribution in [-0.2, 0) is 27.9 Å². The molecule has 158 valence electrons. The molecular weight excluding hydrogens is 454 g/mol. The van der Waals surface area contributed by atoms with Gasteiger partial charge in [-0.2, -0.15) is 4.31 Å². The summed E-state index contributed by atoms with van der Waals surface area (Å²) < 4.78 is 46.6. The van der Waals surface area contributed by atoms with E-state index >= 15 is 0 Å². The average Bonchev–Trinajstić information content (AvgIpc) is 3.22. The Morgan fingerprint density at radius 1 is 1.07 bits per heavy atom. The van der Waals surface area contributed by atoms with Crippen LogP contribution in [0.5, 0.6) is 0 Å². The summed E-state index contributed by atoms with van der Waals surface area (Å²) in [7, 11) is -4.15. The van der Waals surface area contributed by atoms with Crippen LogP contribution >= 0.6 is 23.2 Å². The fourth-order valence-corrected chi connectivity index (χ4v) is 4.37. The van der Waals surface area contributed by atoms with Crippen molar-refractivity contribution < 1.29 is 22.0 Å². The lowest BCUT2D eigenvalue weighted by Crippen LogP contribution is -2.40. The number of rotatable bonds is 8. The normalized spacial score (nSPS) is 11.6. The van der Waals surface area contributed by atoms with Crippen molar-refractivity contribution in [1.29, 1.82) is 0 Å². The Labute approximate surface area is 183 Å². The largest absolute Gasteiger partial charge is 0.467 e. The van der Waals surface area contributed by atoms with Gasteiger partial charge in [-0.15, -0.1) is 0 Å². The van der Waals surface area contributed by atoms with E-state index in [1.165, 1.54) is 48.7 Å². The number of nitrogens with zero attached hydrogens (tertiary/aromatic N) is 1. The van der Waals surface area contributed by atoms with Gasteiger partial charge in [-0.3, -0.25) is 4.79 Å². The van der Waals surface area contributed by atoms with Crippen LogP contribution in [0.25, 0.3) is 0 Å². The van der Waals surface area contributed by atoms with Crippen molar-refractivity contribution in [2.75, 3.05) is 6.54 Å². The zero-order valence-corrected chi connectivity index (χ0v) is 17.8. The molecular formula is C20H17Cl2FN2O4S. The molecule has 0 radical (unpaired) electrons. The first-order valence-corrected chi connectivity index (χ1v) is 10.9. The highest BCUT2D eigenvalue weighted by molar-refractivity contribution is 7.89. The minimum absolute atomic E-state index is 0.0319. The van der Waals surface area contributed by atoms with Crippen LogP contribution in [0.15, 0.2) is 70.2 Å². The Balaban J connectivity index is 1.87. The first-order valence-electron chi connectivity index (χ1n) is 8.75. The van der Waals surface area contributed by atoms with E-state index in [0.717, 1.165) is 4.31 Å². The summed E-state index contributed by atoms with van der Waals surface area (Å²) in [5.41, 5.74) is -0.0319. The Bertz CT molecular complexity index is 1100. The van der Waals surface area contributed by atoms with Gasteiger partial charge in [-0.1, -0.05) is 29.3 Å². The molecule has 0 spiro atoms. The number of nitrogens with one attached hydrogen (secondary N) is 1. The van der Waals surface area contributed by atoms with Crippen LogP contribution in [0, 0.1) is 5.82 Å². The van der Waals surface area contributed by atoms with Gasteiger partial charge in [0.2, 0.25) is 15.9 Å². The van der Waals surface area contributed by atoms with E-state index < -0.39 is 34.8 Å². The van der Waals surface area contributed by atoms with Crippen LogP contribution in [0.2, 0.25) is 10.0 Å². The summed E-state index contributed by atoms with van der Waals surface area (Å²) in [6.45, 7) is -0.887. The number of furan rings is 1. The second-order valence-corrected chi connectivity index (χ2v) is 9.06. The summed E-state index contributed by atoms with van der Waals surface area (Å²) in [5.74, 6) is -0.751. The first-order chi connectivity index (χ1) is 14.3. The molecule has 1 amide bonds. The van der Waals surface area contributed by atoms with Crippen LogP contribution in [0.4, 0.5) is 4.39 Å². The Hall–Kier alpha value is -2.39. The number of benzene rings is 2. The lowest BCUT2D eigenvalue weighted by atomic mass is 10.2. The molecule has 30 heavy (non-hydrogen) atoms. The summed E-state index contributed by atoms with van der Waals surface area (Å²) in [5, 5.41) is 2.99. The quantitative estimate of drug-likeness (QED) is 0.533. The van der Waals surface area contributed by atoms with Gasteiger partial charge in [0.05, 0.1) is 24.2 Å². The molecule has 10 heteroatoms. The predicted molar refractivity (Wildman–Crippen MR) is 111 cm³/mol. The molecule has 0 atom stereocenters. The van der Waals surface area contributed by atoms with E-state index in [0.29, 0.717) is 10.8 Å². The predicted octanol–water partition coefficient (Wildman–Crippen LogP) is 4.23. The van der Waals surface area contributed by atoms with Gasteiger partial charge < -0.3 is 9.73 Å². The summed E-state index contributed by atoms with van der Waals surface area (Å²) in [4.78, 5) is 12.3. The highest BCUT2D eigenvalue weighted by Gasteiger charge is 2.28. The van der Waals surface area contributed by atoms with E-state index in [1.54, 1.807) is 12.1 Å². The lowest BCUT2D eigenvalue weighted by Gasteiger charge is -2.22. The molecule has 0 saturated heterocycles. The summed E-state index contributed by atoms with van der Waals surface area (Å²) in [6, 6.07) is 12.8. The number of sulfonamides is 1. The van der Waals surface area contributed by atoms with Gasteiger partial charge >= 0.3 is 0 Å².